The summed E-state index contributed by atoms with van der Waals surface area (Å²) in [6.07, 6.45) is 5.10. The Bertz CT molecular complexity index is 542. The first-order valence-electron chi connectivity index (χ1n) is 5.12. The molecule has 1 N–H and O–H groups in total. The molecule has 0 bridgehead atoms. The van der Waals surface area contributed by atoms with Gasteiger partial charge >= 0.3 is 0 Å². The monoisotopic (exact) mass is 366 g/mol. The van der Waals surface area contributed by atoms with Gasteiger partial charge in [-0.2, -0.15) is 0 Å². The van der Waals surface area contributed by atoms with Gasteiger partial charge in [0.1, 0.15) is 10.0 Å². The lowest BCUT2D eigenvalue weighted by atomic mass is 10.2. The smallest absolute Gasteiger partial charge is 0.155 e. The van der Waals surface area contributed by atoms with Gasteiger partial charge in [-0.25, -0.2) is 0 Å². The quantitative estimate of drug-likeness (QED) is 0.327. The summed E-state index contributed by atoms with van der Waals surface area (Å²) in [5, 5.41) is 9.01. The van der Waals surface area contributed by atoms with Gasteiger partial charge in [-0.1, -0.05) is 82.1 Å². The maximum absolute atomic E-state index is 9.20. The van der Waals surface area contributed by atoms with Crippen molar-refractivity contribution < 1.29 is 5.11 Å². The summed E-state index contributed by atoms with van der Waals surface area (Å²) >= 11 is 27.9. The molecule has 2 aromatic carbocycles. The molecule has 0 heterocycles. The standard InChI is InChI=1S/C8H6.C6HCl5O/c1-2-8-6-4-3-5-7-8;7-1-2(8)4(10)6(12)5(11)3(1)9/h1,3-7H;12H. The van der Waals surface area contributed by atoms with Gasteiger partial charge in [0.2, 0.25) is 0 Å². The predicted molar refractivity (Wildman–Crippen MR) is 87.5 cm³/mol. The summed E-state index contributed by atoms with van der Waals surface area (Å²) in [5.41, 5.74) is 0.938. The van der Waals surface area contributed by atoms with Gasteiger partial charge in [-0.3, -0.25) is 0 Å². The number of aromatic hydroxyl groups is 1. The molecule has 104 valence electrons. The number of halogens is 5. The van der Waals surface area contributed by atoms with Gasteiger partial charge in [0.15, 0.2) is 5.75 Å². The molecule has 0 unspecified atom stereocenters. The van der Waals surface area contributed by atoms with Crippen molar-refractivity contribution in [3.05, 3.63) is 61.0 Å². The Kier molecular flexibility index (Phi) is 6.82. The first-order valence-corrected chi connectivity index (χ1v) is 7.01. The lowest BCUT2D eigenvalue weighted by Crippen LogP contribution is -1.78. The lowest BCUT2D eigenvalue weighted by molar-refractivity contribution is 0.476. The lowest BCUT2D eigenvalue weighted by Gasteiger charge is -2.06. The van der Waals surface area contributed by atoms with Gasteiger partial charge in [0.25, 0.3) is 0 Å². The average Bonchev–Trinajstić information content (AvgIpc) is 2.50. The predicted octanol–water partition coefficient (Wildman–Crippen LogP) is 6.33. The Morgan fingerprint density at radius 3 is 1.50 bits per heavy atom. The molecule has 0 aliphatic heterocycles. The summed E-state index contributed by atoms with van der Waals surface area (Å²) in [5.74, 6) is 2.16. The molecule has 1 nitrogen and oxygen atoms in total. The van der Waals surface area contributed by atoms with E-state index in [1.165, 1.54) is 0 Å². The fourth-order valence-electron chi connectivity index (χ4n) is 1.13. The van der Waals surface area contributed by atoms with Crippen LogP contribution in [0.4, 0.5) is 0 Å². The topological polar surface area (TPSA) is 20.2 Å². The van der Waals surface area contributed by atoms with Crippen molar-refractivity contribution in [1.29, 1.82) is 0 Å². The zero-order valence-electron chi connectivity index (χ0n) is 9.80. The first kappa shape index (κ1) is 17.3. The molecular formula is C14H7Cl5O. The highest BCUT2D eigenvalue weighted by Gasteiger charge is 2.18. The van der Waals surface area contributed by atoms with Gasteiger partial charge < -0.3 is 5.11 Å². The van der Waals surface area contributed by atoms with Crippen molar-refractivity contribution in [2.24, 2.45) is 0 Å². The normalized spacial score (nSPS) is 9.40. The van der Waals surface area contributed by atoms with Crippen molar-refractivity contribution in [2.45, 2.75) is 0 Å². The number of benzene rings is 2. The molecule has 0 aromatic heterocycles. The van der Waals surface area contributed by atoms with Crippen LogP contribution in [-0.2, 0) is 0 Å². The second kappa shape index (κ2) is 7.88. The molecule has 0 saturated carbocycles. The Morgan fingerprint density at radius 2 is 1.15 bits per heavy atom. The largest absolute Gasteiger partial charge is 0.505 e. The van der Waals surface area contributed by atoms with Crippen LogP contribution >= 0.6 is 58.0 Å². The Hall–Kier alpha value is -0.750. The van der Waals surface area contributed by atoms with E-state index in [1.807, 2.05) is 30.3 Å². The van der Waals surface area contributed by atoms with E-state index >= 15 is 0 Å². The highest BCUT2D eigenvalue weighted by Crippen LogP contribution is 2.47. The summed E-state index contributed by atoms with van der Waals surface area (Å²) in [4.78, 5) is 0. The number of phenols is 1. The molecule has 2 aromatic rings. The number of terminal acetylenes is 1. The zero-order chi connectivity index (χ0) is 15.3. The van der Waals surface area contributed by atoms with Crippen LogP contribution in [0.25, 0.3) is 0 Å². The second-order valence-corrected chi connectivity index (χ2v) is 5.32. The zero-order valence-corrected chi connectivity index (χ0v) is 13.6. The Balaban J connectivity index is 0.000000217. The van der Waals surface area contributed by atoms with Crippen LogP contribution in [0.5, 0.6) is 5.75 Å². The van der Waals surface area contributed by atoms with Crippen LogP contribution in [-0.4, -0.2) is 5.11 Å². The summed E-state index contributed by atoms with van der Waals surface area (Å²) in [7, 11) is 0. The number of rotatable bonds is 0. The first-order chi connectivity index (χ1) is 9.40. The molecule has 0 atom stereocenters. The molecule has 6 heteroatoms. The minimum atomic E-state index is -0.363. The molecular weight excluding hydrogens is 361 g/mol. The van der Waals surface area contributed by atoms with Crippen molar-refractivity contribution in [2.75, 3.05) is 0 Å². The molecule has 0 aliphatic carbocycles. The number of phenolic OH excluding ortho intramolecular Hbond substituents is 1. The molecule has 0 fully saturated rings. The molecule has 0 saturated heterocycles. The molecule has 0 amide bonds. The third kappa shape index (κ3) is 4.12. The van der Waals surface area contributed by atoms with Crippen LogP contribution in [0.15, 0.2) is 30.3 Å². The molecule has 0 radical (unpaired) electrons. The van der Waals surface area contributed by atoms with E-state index < -0.39 is 0 Å². The van der Waals surface area contributed by atoms with Crippen molar-refractivity contribution >= 4 is 58.0 Å². The van der Waals surface area contributed by atoms with E-state index in [-0.39, 0.29) is 30.9 Å². The van der Waals surface area contributed by atoms with E-state index in [4.69, 9.17) is 64.4 Å². The Labute approximate surface area is 142 Å². The summed E-state index contributed by atoms with van der Waals surface area (Å²) in [6, 6.07) is 9.60. The van der Waals surface area contributed by atoms with E-state index in [1.54, 1.807) is 0 Å². The van der Waals surface area contributed by atoms with Crippen LogP contribution in [0.2, 0.25) is 25.1 Å². The second-order valence-electron chi connectivity index (χ2n) is 3.43. The van der Waals surface area contributed by atoms with E-state index in [9.17, 15) is 5.11 Å². The fourth-order valence-corrected chi connectivity index (χ4v) is 2.26. The van der Waals surface area contributed by atoms with Crippen molar-refractivity contribution in [3.63, 3.8) is 0 Å². The highest BCUT2D eigenvalue weighted by atomic mass is 35.5. The maximum Gasteiger partial charge on any atom is 0.155 e. The van der Waals surface area contributed by atoms with Gasteiger partial charge in [-0.05, 0) is 12.1 Å². The van der Waals surface area contributed by atoms with E-state index in [0.29, 0.717) is 0 Å². The minimum Gasteiger partial charge on any atom is -0.505 e. The molecule has 20 heavy (non-hydrogen) atoms. The van der Waals surface area contributed by atoms with Crippen LogP contribution in [0.1, 0.15) is 5.56 Å². The average molecular weight is 368 g/mol. The Morgan fingerprint density at radius 1 is 0.750 bits per heavy atom. The van der Waals surface area contributed by atoms with Gasteiger partial charge in [-0.15, -0.1) is 6.42 Å². The van der Waals surface area contributed by atoms with E-state index in [0.717, 1.165) is 5.56 Å². The third-order valence-electron chi connectivity index (χ3n) is 2.13. The summed E-state index contributed by atoms with van der Waals surface area (Å²) < 4.78 is 0. The number of hydrogen-bond donors (Lipinski definition) is 1. The highest BCUT2D eigenvalue weighted by molar-refractivity contribution is 6.55. The molecule has 0 spiro atoms. The molecule has 0 aliphatic rings. The summed E-state index contributed by atoms with van der Waals surface area (Å²) in [6.45, 7) is 0. The fraction of sp³-hybridized carbons (Fsp3) is 0. The van der Waals surface area contributed by atoms with Crippen LogP contribution in [0, 0.1) is 12.3 Å². The maximum atomic E-state index is 9.20. The molecule has 2 rings (SSSR count). The van der Waals surface area contributed by atoms with E-state index in [2.05, 4.69) is 5.92 Å². The SMILES string of the molecule is C#Cc1ccccc1.Oc1c(Cl)c(Cl)c(Cl)c(Cl)c1Cl. The van der Waals surface area contributed by atoms with Crippen LogP contribution in [0.3, 0.4) is 0 Å². The van der Waals surface area contributed by atoms with Gasteiger partial charge in [0.05, 0.1) is 15.1 Å². The van der Waals surface area contributed by atoms with Crippen molar-refractivity contribution in [1.82, 2.24) is 0 Å². The van der Waals surface area contributed by atoms with Gasteiger partial charge in [0, 0.05) is 5.56 Å². The third-order valence-corrected chi connectivity index (χ3v) is 4.38. The number of hydrogen-bond acceptors (Lipinski definition) is 1. The van der Waals surface area contributed by atoms with Crippen LogP contribution < -0.4 is 0 Å². The minimum absolute atomic E-state index is 0.00904. The van der Waals surface area contributed by atoms with Crippen molar-refractivity contribution in [3.8, 4) is 18.1 Å².